The molecule has 3 aromatic rings. The van der Waals surface area contributed by atoms with Crippen molar-refractivity contribution >= 4 is 47.8 Å². The van der Waals surface area contributed by atoms with E-state index in [2.05, 4.69) is 31.9 Å². The van der Waals surface area contributed by atoms with Crippen LogP contribution in [0.25, 0.3) is 0 Å². The van der Waals surface area contributed by atoms with Crippen LogP contribution in [-0.4, -0.2) is 482 Å². The lowest BCUT2D eigenvalue weighted by Gasteiger charge is -2.49. The smallest absolute Gasteiger partial charge is 0.445 e. The number of benzene rings is 3. The molecule has 8 amide bonds. The Bertz CT molecular complexity index is 4550. The van der Waals surface area contributed by atoms with Crippen LogP contribution in [0.1, 0.15) is 56.7 Å². The van der Waals surface area contributed by atoms with E-state index in [1.807, 2.05) is 0 Å². The van der Waals surface area contributed by atoms with Crippen molar-refractivity contribution in [3.8, 4) is 0 Å². The summed E-state index contributed by atoms with van der Waals surface area (Å²) in [5.41, 5.74) is 26.7. The van der Waals surface area contributed by atoms with Crippen molar-refractivity contribution in [1.29, 1.82) is 0 Å². The third-order valence-corrected chi connectivity index (χ3v) is 25.8. The summed E-state index contributed by atoms with van der Waals surface area (Å²) in [5.74, 6) is -6.80. The molecule has 6 saturated heterocycles. The summed E-state index contributed by atoms with van der Waals surface area (Å²) in [4.78, 5) is 96.2. The van der Waals surface area contributed by atoms with Crippen LogP contribution in [0, 0.1) is 0 Å². The number of rotatable bonds is 32. The van der Waals surface area contributed by atoms with E-state index < -0.39 is 368 Å². The van der Waals surface area contributed by atoms with E-state index in [-0.39, 0.29) is 45.6 Å². The Hall–Kier alpha value is -9.08. The van der Waals surface area contributed by atoms with Gasteiger partial charge in [-0.2, -0.15) is 26.3 Å². The number of aliphatic hydroxyl groups is 21. The Morgan fingerprint density at radius 2 is 0.533 bits per heavy atom. The molecular formula is C88H130F6N12O44. The summed E-state index contributed by atoms with van der Waals surface area (Å²) in [6, 6.07) is 14.1. The summed E-state index contributed by atoms with van der Waals surface area (Å²) in [6.07, 6.45) is -76.7. The molecule has 9 aliphatic rings. The number of carbonyl (C=O) groups excluding carboxylic acids is 8. The molecule has 150 heavy (non-hydrogen) atoms. The molecule has 37 N–H and O–H groups in total. The van der Waals surface area contributed by atoms with Gasteiger partial charge in [-0.15, -0.1) is 0 Å². The molecule has 0 aromatic heterocycles. The summed E-state index contributed by atoms with van der Waals surface area (Å²) in [5, 5.41) is 239. The highest BCUT2D eigenvalue weighted by Crippen LogP contribution is 2.39. The number of nitrogens with one attached hydrogen (secondary N) is 8. The van der Waals surface area contributed by atoms with Crippen LogP contribution in [0.2, 0.25) is 0 Å². The van der Waals surface area contributed by atoms with Gasteiger partial charge in [0.25, 0.3) is 0 Å². The predicted octanol–water partition coefficient (Wildman–Crippen LogP) is -14.0. The molecule has 0 spiro atoms. The molecule has 18 unspecified atom stereocenters. The maximum atomic E-state index is 13.0. The van der Waals surface area contributed by atoms with Gasteiger partial charge in [0, 0.05) is 58.5 Å². The normalized spacial score (nSPS) is 39.2. The SMILES string of the molecule is CC(=O)NC1C[C@@H](N)[C@@H](O[C@H]2OC(CO)[C@@H](O)[C@@H](N)C2O)C(O)[C@@H]1O[C@H]1OC(CNC(=O)OCc2ccccc2)[C@@H](O)C(O)[C@@H]1O.CC(=O)NC1C[C@@H](N)[C@@H](O[C@H]2OC(CO)[C@@H](O)[C@@H](NC(=O)C(F)(F)F)C2O)C(O)[C@@H]1O[C@H]1OC(CNC(=O)OCc2ccccc2)[C@@H](O)C(O)[C@@H]1O.CC(=O)NC1C[C@@H](N)[C@@H](O[C@H]2OC(CO)[C@@H](O)[C@@H](NC(=O)C(F)(F)F)C2O)C(O)[C@@H]1O[C@H]1OC(CNC(=O)OCc2ccccc2)[C@@H](O)C(O)[C@@H]1O. The van der Waals surface area contributed by atoms with Crippen molar-refractivity contribution < 1.29 is 243 Å². The van der Waals surface area contributed by atoms with Gasteiger partial charge < -0.3 is 244 Å². The predicted molar refractivity (Wildman–Crippen MR) is 479 cm³/mol. The van der Waals surface area contributed by atoms with Crippen LogP contribution in [-0.2, 0) is 115 Å². The average Bonchev–Trinajstić information content (AvgIpc) is 0.770. The molecule has 3 saturated carbocycles. The Labute approximate surface area is 847 Å². The zero-order valence-electron chi connectivity index (χ0n) is 80.0. The zero-order valence-corrected chi connectivity index (χ0v) is 80.0. The molecule has 9 fully saturated rings. The second-order valence-electron chi connectivity index (χ2n) is 36.8. The summed E-state index contributed by atoms with van der Waals surface area (Å²) in [6.45, 7) is -0.677. The maximum absolute atomic E-state index is 13.0. The minimum atomic E-state index is -5.41. The van der Waals surface area contributed by atoms with Gasteiger partial charge in [0.15, 0.2) is 37.7 Å². The molecule has 12 rings (SSSR count). The Kier molecular flexibility index (Phi) is 45.3. The minimum Gasteiger partial charge on any atom is -0.445 e. The number of carbonyl (C=O) groups is 8. The van der Waals surface area contributed by atoms with Crippen LogP contribution in [0.5, 0.6) is 0 Å². The van der Waals surface area contributed by atoms with Crippen molar-refractivity contribution in [2.45, 2.75) is 347 Å². The summed E-state index contributed by atoms with van der Waals surface area (Å²) in [7, 11) is 0. The number of halogens is 6. The highest BCUT2D eigenvalue weighted by Gasteiger charge is 2.60. The molecule has 3 aromatic carbocycles. The van der Waals surface area contributed by atoms with Crippen molar-refractivity contribution in [1.82, 2.24) is 42.5 Å². The van der Waals surface area contributed by atoms with Gasteiger partial charge in [0.05, 0.1) is 56.1 Å². The number of hydrogen-bond donors (Lipinski definition) is 33. The number of aliphatic hydroxyl groups excluding tert-OH is 21. The fourth-order valence-electron chi connectivity index (χ4n) is 17.8. The molecule has 0 bridgehead atoms. The second-order valence-corrected chi connectivity index (χ2v) is 36.8. The van der Waals surface area contributed by atoms with Crippen LogP contribution in [0.4, 0.5) is 40.7 Å². The van der Waals surface area contributed by atoms with Crippen molar-refractivity contribution in [3.05, 3.63) is 108 Å². The van der Waals surface area contributed by atoms with Crippen LogP contribution in [0.15, 0.2) is 91.0 Å². The van der Waals surface area contributed by atoms with Crippen LogP contribution in [0.3, 0.4) is 0 Å². The summed E-state index contributed by atoms with van der Waals surface area (Å²) < 4.78 is 161. The number of alkyl halides is 6. The van der Waals surface area contributed by atoms with E-state index in [1.165, 1.54) is 17.6 Å². The average molecular weight is 2170 g/mol. The quantitative estimate of drug-likeness (QED) is 0.0204. The highest BCUT2D eigenvalue weighted by atomic mass is 19.4. The van der Waals surface area contributed by atoms with Gasteiger partial charge in [-0.3, -0.25) is 24.0 Å². The first-order valence-corrected chi connectivity index (χ1v) is 47.0. The maximum Gasteiger partial charge on any atom is 0.471 e. The van der Waals surface area contributed by atoms with E-state index >= 15 is 0 Å². The third-order valence-electron chi connectivity index (χ3n) is 25.8. The van der Waals surface area contributed by atoms with Crippen LogP contribution < -0.4 is 65.5 Å². The standard InChI is InChI=1S/2C30H43F3N4O15.C28H44N4O14/c2*1-11(39)36-14-7-13(34)24(51-26-20(42)17(18(40)16(9-38)50-26)37-28(46)30(31,32)33)23(45)25(14)52-27-22(44)21(43)19(41)15(49-27)8-35-29(47)48-10-12-5-3-2-4-6-12;1-11(34)32-14-7-13(29)24(45-26-20(37)17(30)18(35)16(9-33)44-26)23(40)25(14)46-27-22(39)21(38)19(36)15(43-27)8-31-28(41)42-10-12-5-3-2-4-6-12/h2*2-6,13-27,38,40-45H,7-10,34H2,1H3,(H,35,47)(H,36,39)(H,37,46);2-6,13-27,33,35-40H,7-10,29-30H2,1H3,(H,31,41)(H,32,34)/t3*13-,14?,15?,16?,17-,18-,19-,20?,21?,22+,23?,24-,25-,26-,27-/m111/s1. The molecular weight excluding hydrogens is 2040 g/mol. The molecule has 56 nitrogen and oxygen atoms in total. The largest absolute Gasteiger partial charge is 0.471 e. The van der Waals surface area contributed by atoms with Crippen molar-refractivity contribution in [3.63, 3.8) is 0 Å². The molecule has 62 heteroatoms. The third kappa shape index (κ3) is 32.1. The zero-order chi connectivity index (χ0) is 111. The first-order chi connectivity index (χ1) is 70.7. The highest BCUT2D eigenvalue weighted by molar-refractivity contribution is 5.82. The Morgan fingerprint density at radius 1 is 0.300 bits per heavy atom. The minimum absolute atomic E-state index is 0.0284. The first kappa shape index (κ1) is 123. The molecule has 45 atom stereocenters. The number of amides is 8. The summed E-state index contributed by atoms with van der Waals surface area (Å²) >= 11 is 0. The number of hydrogen-bond acceptors (Lipinski definition) is 48. The lowest BCUT2D eigenvalue weighted by molar-refractivity contribution is -0.333. The fraction of sp³-hybridized carbons (Fsp3) is 0.705. The molecule has 6 aliphatic heterocycles. The van der Waals surface area contributed by atoms with E-state index in [4.69, 9.17) is 94.0 Å². The molecule has 848 valence electrons. The fourth-order valence-corrected chi connectivity index (χ4v) is 17.8. The van der Waals surface area contributed by atoms with Crippen LogP contribution >= 0.6 is 0 Å². The Balaban J connectivity index is 0.000000230. The lowest BCUT2D eigenvalue weighted by atomic mass is 9.83. The van der Waals surface area contributed by atoms with Crippen molar-refractivity contribution in [2.24, 2.45) is 22.9 Å². The number of ether oxygens (including phenoxy) is 15. The van der Waals surface area contributed by atoms with Gasteiger partial charge >= 0.3 is 42.4 Å². The van der Waals surface area contributed by atoms with E-state index in [1.54, 1.807) is 91.0 Å². The monoisotopic (exact) mass is 2170 g/mol. The van der Waals surface area contributed by atoms with Gasteiger partial charge in [-0.05, 0) is 36.0 Å². The number of nitrogens with two attached hydrogens (primary N) is 4. The number of alkyl carbamates (subject to hydrolysis) is 3. The Morgan fingerprint density at radius 3 is 0.780 bits per heavy atom. The lowest BCUT2D eigenvalue weighted by Crippen LogP contribution is -2.70. The first-order valence-electron chi connectivity index (χ1n) is 47.0. The molecule has 3 aliphatic carbocycles. The van der Waals surface area contributed by atoms with Gasteiger partial charge in [-0.25, -0.2) is 14.4 Å². The van der Waals surface area contributed by atoms with E-state index in [0.29, 0.717) is 11.1 Å². The van der Waals surface area contributed by atoms with E-state index in [0.717, 1.165) is 19.4 Å². The molecule has 6 heterocycles. The van der Waals surface area contributed by atoms with Gasteiger partial charge in [0.2, 0.25) is 17.7 Å². The van der Waals surface area contributed by atoms with E-state index in [9.17, 15) is 172 Å². The van der Waals surface area contributed by atoms with Gasteiger partial charge in [0.1, 0.15) is 203 Å². The molecule has 0 radical (unpaired) electrons. The van der Waals surface area contributed by atoms with Gasteiger partial charge in [-0.1, -0.05) is 91.0 Å². The topological polar surface area (TPSA) is 900 Å². The van der Waals surface area contributed by atoms with Crippen molar-refractivity contribution in [2.75, 3.05) is 39.5 Å². The second kappa shape index (κ2) is 55.3.